The highest BCUT2D eigenvalue weighted by atomic mass is 16.5. The highest BCUT2D eigenvalue weighted by Crippen LogP contribution is 2.31. The van der Waals surface area contributed by atoms with Crippen LogP contribution in [0.4, 0.5) is 5.69 Å². The van der Waals surface area contributed by atoms with Gasteiger partial charge in [-0.2, -0.15) is 4.74 Å². The molecule has 10 nitrogen and oxygen atoms in total. The smallest absolute Gasteiger partial charge is 0.290 e. The van der Waals surface area contributed by atoms with Crippen molar-refractivity contribution >= 4 is 28.4 Å². The molecule has 10 heteroatoms. The van der Waals surface area contributed by atoms with Gasteiger partial charge in [-0.05, 0) is 57.2 Å². The van der Waals surface area contributed by atoms with Gasteiger partial charge in [0, 0.05) is 47.7 Å². The van der Waals surface area contributed by atoms with E-state index in [1.54, 1.807) is 38.4 Å². The summed E-state index contributed by atoms with van der Waals surface area (Å²) in [7, 11) is 1.57. The predicted molar refractivity (Wildman–Crippen MR) is 144 cm³/mol. The van der Waals surface area contributed by atoms with Crippen molar-refractivity contribution in [2.45, 2.75) is 27.3 Å². The number of primary amides is 1. The van der Waals surface area contributed by atoms with E-state index in [-0.39, 0.29) is 11.3 Å². The van der Waals surface area contributed by atoms with Crippen LogP contribution in [0.15, 0.2) is 64.0 Å². The fraction of sp³-hybridized carbons (Fsp3) is 0.179. The summed E-state index contributed by atoms with van der Waals surface area (Å²) in [6, 6.07) is 14.0. The summed E-state index contributed by atoms with van der Waals surface area (Å²) >= 11 is 0. The first-order valence-corrected chi connectivity index (χ1v) is 12.0. The second kappa shape index (κ2) is 9.47. The van der Waals surface area contributed by atoms with Crippen molar-refractivity contribution in [3.63, 3.8) is 0 Å². The Morgan fingerprint density at radius 2 is 1.89 bits per heavy atom. The van der Waals surface area contributed by atoms with Crippen LogP contribution in [-0.4, -0.2) is 31.1 Å². The zero-order valence-corrected chi connectivity index (χ0v) is 21.4. The second-order valence-electron chi connectivity index (χ2n) is 8.98. The minimum atomic E-state index is -0.580. The third-order valence-electron chi connectivity index (χ3n) is 6.38. The Balaban J connectivity index is 1.57. The van der Waals surface area contributed by atoms with E-state index in [0.29, 0.717) is 51.6 Å². The third-order valence-corrected chi connectivity index (χ3v) is 6.38. The number of nitrogens with one attached hydrogen (secondary N) is 1. The van der Waals surface area contributed by atoms with Crippen LogP contribution < -0.4 is 16.6 Å². The van der Waals surface area contributed by atoms with Gasteiger partial charge in [-0.25, -0.2) is 4.98 Å². The first-order valence-electron chi connectivity index (χ1n) is 12.0. The van der Waals surface area contributed by atoms with Gasteiger partial charge in [0.15, 0.2) is 5.69 Å². The number of nitrogens with two attached hydrogens (primary N) is 1. The van der Waals surface area contributed by atoms with Gasteiger partial charge in [-0.3, -0.25) is 19.4 Å². The van der Waals surface area contributed by atoms with Crippen LogP contribution >= 0.6 is 0 Å². The highest BCUT2D eigenvalue weighted by molar-refractivity contribution is 6.11. The molecule has 5 aromatic rings. The molecule has 1 aromatic carbocycles. The summed E-state index contributed by atoms with van der Waals surface area (Å²) in [5.74, 6) is -0.467. The fourth-order valence-corrected chi connectivity index (χ4v) is 4.69. The number of aryl methyl sites for hydroxylation is 4. The maximum absolute atomic E-state index is 13.4. The van der Waals surface area contributed by atoms with Crippen LogP contribution in [-0.2, 0) is 13.6 Å². The van der Waals surface area contributed by atoms with Crippen molar-refractivity contribution in [1.29, 1.82) is 0 Å². The molecule has 0 bridgehead atoms. The van der Waals surface area contributed by atoms with Crippen molar-refractivity contribution in [2.75, 3.05) is 5.32 Å². The van der Waals surface area contributed by atoms with Crippen LogP contribution in [0.3, 0.4) is 0 Å². The molecular formula is C28H26N6O4. The van der Waals surface area contributed by atoms with Crippen LogP contribution in [0.25, 0.3) is 33.4 Å². The number of amides is 2. The molecule has 0 unspecified atom stereocenters. The first-order chi connectivity index (χ1) is 18.2. The van der Waals surface area contributed by atoms with Crippen molar-refractivity contribution in [3.05, 3.63) is 87.8 Å². The van der Waals surface area contributed by atoms with E-state index < -0.39 is 11.8 Å². The van der Waals surface area contributed by atoms with E-state index in [9.17, 15) is 14.4 Å². The van der Waals surface area contributed by atoms with Gasteiger partial charge in [0.1, 0.15) is 5.76 Å². The maximum atomic E-state index is 13.4. The van der Waals surface area contributed by atoms with Crippen LogP contribution in [0.1, 0.15) is 39.2 Å². The first kappa shape index (κ1) is 24.7. The topological polar surface area (TPSA) is 138 Å². The molecule has 0 aliphatic rings. The molecule has 192 valence electrons. The predicted octanol–water partition coefficient (Wildman–Crippen LogP) is 4.04. The van der Waals surface area contributed by atoms with Gasteiger partial charge in [0.25, 0.3) is 11.5 Å². The Bertz CT molecular complexity index is 1780. The lowest BCUT2D eigenvalue weighted by Crippen LogP contribution is -2.17. The molecule has 38 heavy (non-hydrogen) atoms. The number of rotatable bonds is 6. The number of nitrogens with zero attached hydrogens (tertiary/aromatic N) is 4. The second-order valence-corrected chi connectivity index (χ2v) is 8.98. The molecule has 2 amide bonds. The maximum Gasteiger partial charge on any atom is 0.290 e. The van der Waals surface area contributed by atoms with Crippen molar-refractivity contribution in [1.82, 2.24) is 19.3 Å². The number of aromatic nitrogens is 4. The van der Waals surface area contributed by atoms with Gasteiger partial charge in [-0.1, -0.05) is 12.1 Å². The van der Waals surface area contributed by atoms with E-state index in [4.69, 9.17) is 10.3 Å². The molecule has 0 radical (unpaired) electrons. The standard InChI is InChI=1S/C28H26N6O4/c1-5-34-22(21-10-9-18(14-30-21)23-16(3)38-33(4)28(23)37)13-19-11-15(2)31-24(25(19)34)27(36)32-20-8-6-7-17(12-20)26(29)35/h6-14H,5H2,1-4H3,(H2,29,35)(H,32,36). The number of benzene rings is 1. The molecule has 4 heterocycles. The Morgan fingerprint density at radius 1 is 1.11 bits per heavy atom. The minimum Gasteiger partial charge on any atom is -0.381 e. The van der Waals surface area contributed by atoms with Gasteiger partial charge in [-0.15, -0.1) is 0 Å². The van der Waals surface area contributed by atoms with Crippen molar-refractivity contribution in [3.8, 4) is 22.5 Å². The number of anilines is 1. The quantitative estimate of drug-likeness (QED) is 0.354. The lowest BCUT2D eigenvalue weighted by atomic mass is 10.1. The van der Waals surface area contributed by atoms with Crippen LogP contribution in [0.5, 0.6) is 0 Å². The summed E-state index contributed by atoms with van der Waals surface area (Å²) in [6.07, 6.45) is 1.65. The Labute approximate surface area is 217 Å². The number of carbonyl (C=O) groups is 2. The summed E-state index contributed by atoms with van der Waals surface area (Å²) < 4.78 is 8.58. The number of hydrogen-bond donors (Lipinski definition) is 2. The average Bonchev–Trinajstić information content (AvgIpc) is 3.38. The number of pyridine rings is 2. The van der Waals surface area contributed by atoms with Gasteiger partial charge >= 0.3 is 0 Å². The molecular weight excluding hydrogens is 484 g/mol. The number of carbonyl (C=O) groups excluding carboxylic acids is 2. The van der Waals surface area contributed by atoms with Crippen LogP contribution in [0, 0.1) is 13.8 Å². The van der Waals surface area contributed by atoms with E-state index in [2.05, 4.69) is 15.3 Å². The summed E-state index contributed by atoms with van der Waals surface area (Å²) in [5.41, 5.74) is 10.1. The van der Waals surface area contributed by atoms with Gasteiger partial charge in [0.2, 0.25) is 5.91 Å². The molecule has 5 rings (SSSR count). The normalized spacial score (nSPS) is 11.2. The molecule has 0 spiro atoms. The Hall–Kier alpha value is -4.99. The van der Waals surface area contributed by atoms with Crippen molar-refractivity contribution in [2.24, 2.45) is 12.8 Å². The van der Waals surface area contributed by atoms with Gasteiger partial charge in [0.05, 0.1) is 22.5 Å². The SMILES string of the molecule is CCn1c(-c2ccc(-c3c(C)on(C)c3=O)cn2)cc2cc(C)nc(C(=O)Nc3cccc(C(N)=O)c3)c21. The molecule has 4 aromatic heterocycles. The monoisotopic (exact) mass is 510 g/mol. The number of fused-ring (bicyclic) bond motifs is 1. The lowest BCUT2D eigenvalue weighted by molar-refractivity contribution is 0.0995. The third kappa shape index (κ3) is 4.26. The van der Waals surface area contributed by atoms with Gasteiger partial charge < -0.3 is 20.1 Å². The number of hydrogen-bond acceptors (Lipinski definition) is 6. The van der Waals surface area contributed by atoms with E-state index in [1.165, 1.54) is 10.8 Å². The molecule has 0 fully saturated rings. The molecule has 0 atom stereocenters. The molecule has 0 saturated heterocycles. The van der Waals surface area contributed by atoms with E-state index >= 15 is 0 Å². The molecule has 0 aliphatic carbocycles. The largest absolute Gasteiger partial charge is 0.381 e. The zero-order valence-electron chi connectivity index (χ0n) is 21.4. The average molecular weight is 511 g/mol. The summed E-state index contributed by atoms with van der Waals surface area (Å²) in [6.45, 7) is 6.11. The fourth-order valence-electron chi connectivity index (χ4n) is 4.69. The van der Waals surface area contributed by atoms with Crippen LogP contribution in [0.2, 0.25) is 0 Å². The highest BCUT2D eigenvalue weighted by Gasteiger charge is 2.21. The molecule has 0 saturated carbocycles. The van der Waals surface area contributed by atoms with Crippen molar-refractivity contribution < 1.29 is 14.1 Å². The molecule has 3 N–H and O–H groups in total. The summed E-state index contributed by atoms with van der Waals surface area (Å²) in [5, 5.41) is 3.68. The molecule has 0 aliphatic heterocycles. The summed E-state index contributed by atoms with van der Waals surface area (Å²) in [4.78, 5) is 46.6. The van der Waals surface area contributed by atoms with E-state index in [0.717, 1.165) is 11.1 Å². The lowest BCUT2D eigenvalue weighted by Gasteiger charge is -2.12. The van der Waals surface area contributed by atoms with E-state index in [1.807, 2.05) is 42.7 Å². The minimum absolute atomic E-state index is 0.224. The Kier molecular flexibility index (Phi) is 6.15. The zero-order chi connectivity index (χ0) is 27.1. The Morgan fingerprint density at radius 3 is 2.53 bits per heavy atom.